The molecule has 0 radical (unpaired) electrons. The summed E-state index contributed by atoms with van der Waals surface area (Å²) in [5, 5.41) is 16.0. The Morgan fingerprint density at radius 1 is 1.00 bits per heavy atom. The van der Waals surface area contributed by atoms with E-state index in [-0.39, 0.29) is 30.4 Å². The largest absolute Gasteiger partial charge is 0.586 e. The summed E-state index contributed by atoms with van der Waals surface area (Å²) >= 11 is 0. The predicted octanol–water partition coefficient (Wildman–Crippen LogP) is 3.92. The molecule has 12 heteroatoms. The Morgan fingerprint density at radius 3 is 2.49 bits per heavy atom. The molecular weight excluding hydrogens is 566 g/mol. The number of carbonyl (C=O) groups is 2. The number of aliphatic hydroxyl groups excluding tert-OH is 1. The molecule has 0 aromatic heterocycles. The number of rotatable bonds is 9. The monoisotopic (exact) mass is 596 g/mol. The van der Waals surface area contributed by atoms with Gasteiger partial charge >= 0.3 is 6.29 Å². The molecule has 226 valence electrons. The third-order valence-corrected chi connectivity index (χ3v) is 8.06. The average molecular weight is 597 g/mol. The molecule has 6 rings (SSSR count). The first-order chi connectivity index (χ1) is 20.7. The van der Waals surface area contributed by atoms with Gasteiger partial charge in [-0.3, -0.25) is 9.59 Å². The van der Waals surface area contributed by atoms with Crippen molar-refractivity contribution in [3.05, 3.63) is 77.4 Å². The van der Waals surface area contributed by atoms with Crippen LogP contribution in [-0.2, 0) is 15.0 Å². The molecule has 1 fully saturated rings. The van der Waals surface area contributed by atoms with Gasteiger partial charge in [0, 0.05) is 23.6 Å². The molecule has 3 aliphatic rings. The van der Waals surface area contributed by atoms with Crippen LogP contribution in [0.2, 0.25) is 0 Å². The lowest BCUT2D eigenvalue weighted by Gasteiger charge is -2.34. The first kappa shape index (κ1) is 28.5. The molecule has 3 N–H and O–H groups in total. The molecule has 2 aliphatic heterocycles. The number of methoxy groups -OCH3 is 2. The van der Waals surface area contributed by atoms with E-state index in [0.29, 0.717) is 46.8 Å². The zero-order valence-electron chi connectivity index (χ0n) is 23.4. The molecule has 3 aromatic rings. The number of halogens is 2. The second-order valence-corrected chi connectivity index (χ2v) is 10.7. The van der Waals surface area contributed by atoms with Crippen molar-refractivity contribution in [2.24, 2.45) is 0 Å². The molecule has 43 heavy (non-hydrogen) atoms. The Hall–Kier alpha value is -4.58. The van der Waals surface area contributed by atoms with Crippen LogP contribution in [0.1, 0.15) is 48.0 Å². The number of hydrogen-bond acceptors (Lipinski definition) is 8. The maximum atomic E-state index is 13.8. The van der Waals surface area contributed by atoms with Gasteiger partial charge in [0.05, 0.1) is 38.3 Å². The first-order valence-electron chi connectivity index (χ1n) is 13.8. The van der Waals surface area contributed by atoms with Gasteiger partial charge in [-0.2, -0.15) is 0 Å². The van der Waals surface area contributed by atoms with Gasteiger partial charge in [-0.15, -0.1) is 8.78 Å². The molecule has 10 nitrogen and oxygen atoms in total. The highest BCUT2D eigenvalue weighted by Crippen LogP contribution is 2.52. The minimum absolute atomic E-state index is 0.0968. The van der Waals surface area contributed by atoms with E-state index in [2.05, 4.69) is 20.1 Å². The van der Waals surface area contributed by atoms with Crippen LogP contribution in [0.4, 0.5) is 8.78 Å². The van der Waals surface area contributed by atoms with Crippen molar-refractivity contribution in [1.82, 2.24) is 10.6 Å². The van der Waals surface area contributed by atoms with E-state index in [1.165, 1.54) is 26.4 Å². The summed E-state index contributed by atoms with van der Waals surface area (Å²) in [5.74, 6) is 0.347. The smallest absolute Gasteiger partial charge is 0.497 e. The lowest BCUT2D eigenvalue weighted by molar-refractivity contribution is -0.286. The third kappa shape index (κ3) is 5.38. The van der Waals surface area contributed by atoms with Crippen LogP contribution in [0, 0.1) is 0 Å². The molecular formula is C31H30F2N2O8. The van der Waals surface area contributed by atoms with E-state index >= 15 is 0 Å². The summed E-state index contributed by atoms with van der Waals surface area (Å²) in [6.07, 6.45) is -3.66. The molecule has 2 heterocycles. The van der Waals surface area contributed by atoms with Crippen molar-refractivity contribution in [3.8, 4) is 28.7 Å². The molecule has 3 aromatic carbocycles. The predicted molar refractivity (Wildman–Crippen MR) is 147 cm³/mol. The number of ether oxygens (including phenoxy) is 5. The number of hydrogen-bond donors (Lipinski definition) is 3. The van der Waals surface area contributed by atoms with Crippen LogP contribution < -0.4 is 34.3 Å². The number of nitrogens with one attached hydrogen (secondary N) is 2. The highest BCUT2D eigenvalue weighted by atomic mass is 19.3. The van der Waals surface area contributed by atoms with Gasteiger partial charge in [-0.25, -0.2) is 0 Å². The Balaban J connectivity index is 1.24. The normalized spacial score (nSPS) is 21.0. The van der Waals surface area contributed by atoms with Crippen LogP contribution in [0.5, 0.6) is 28.7 Å². The minimum Gasteiger partial charge on any atom is -0.497 e. The Morgan fingerprint density at radius 2 is 1.77 bits per heavy atom. The quantitative estimate of drug-likeness (QED) is 0.340. The van der Waals surface area contributed by atoms with Gasteiger partial charge < -0.3 is 39.4 Å². The first-order valence-corrected chi connectivity index (χ1v) is 13.8. The summed E-state index contributed by atoms with van der Waals surface area (Å²) in [5.41, 5.74) is 0.845. The Bertz CT molecular complexity index is 1560. The molecule has 1 saturated carbocycles. The van der Waals surface area contributed by atoms with E-state index in [1.807, 2.05) is 0 Å². The fourth-order valence-corrected chi connectivity index (χ4v) is 5.63. The number of alkyl halides is 2. The zero-order chi connectivity index (χ0) is 30.4. The van der Waals surface area contributed by atoms with Crippen molar-refractivity contribution < 1.29 is 47.2 Å². The highest BCUT2D eigenvalue weighted by Gasteiger charge is 2.53. The Kier molecular flexibility index (Phi) is 7.25. The maximum Gasteiger partial charge on any atom is 0.586 e. The van der Waals surface area contributed by atoms with Gasteiger partial charge in [-0.05, 0) is 48.7 Å². The van der Waals surface area contributed by atoms with Crippen LogP contribution in [-0.4, -0.2) is 50.1 Å². The van der Waals surface area contributed by atoms with Gasteiger partial charge in [0.2, 0.25) is 5.91 Å². The number of amides is 2. The molecule has 0 saturated heterocycles. The van der Waals surface area contributed by atoms with Crippen LogP contribution in [0.25, 0.3) is 0 Å². The van der Waals surface area contributed by atoms with Crippen molar-refractivity contribution in [2.45, 2.75) is 49.2 Å². The van der Waals surface area contributed by atoms with Crippen LogP contribution >= 0.6 is 0 Å². The summed E-state index contributed by atoms with van der Waals surface area (Å²) in [6, 6.07) is 15.2. The average Bonchev–Trinajstić information content (AvgIpc) is 3.76. The number of para-hydroxylation sites is 1. The van der Waals surface area contributed by atoms with Crippen molar-refractivity contribution in [2.75, 3.05) is 20.8 Å². The fourth-order valence-electron chi connectivity index (χ4n) is 5.63. The molecule has 2 amide bonds. The van der Waals surface area contributed by atoms with Crippen molar-refractivity contribution in [1.29, 1.82) is 0 Å². The number of aliphatic hydroxyl groups is 1. The number of fused-ring (bicyclic) bond motifs is 2. The summed E-state index contributed by atoms with van der Waals surface area (Å²) in [4.78, 5) is 27.3. The molecule has 0 bridgehead atoms. The van der Waals surface area contributed by atoms with Gasteiger partial charge in [-0.1, -0.05) is 24.3 Å². The standard InChI is InChI=1S/C31H30F2N2O8/c1-39-18-8-9-20-21(35-29(38)30(11-12-30)17-7-10-24-26(13-17)43-31(32,33)42-24)15-27(41-25(20)14-18)28(37)34-22(16-36)19-5-3-4-6-23(19)40-2/h3-10,13-14,21-22,27,36H,11-12,15-16H2,1-2H3,(H,34,37)(H,35,38)/t21-,22?,27-/m1/s1. The second kappa shape index (κ2) is 10.9. The number of benzene rings is 3. The third-order valence-electron chi connectivity index (χ3n) is 8.06. The van der Waals surface area contributed by atoms with Crippen molar-refractivity contribution >= 4 is 11.8 Å². The van der Waals surface area contributed by atoms with E-state index in [9.17, 15) is 23.5 Å². The molecule has 1 unspecified atom stereocenters. The highest BCUT2D eigenvalue weighted by molar-refractivity contribution is 5.92. The van der Waals surface area contributed by atoms with Gasteiger partial charge in [0.25, 0.3) is 5.91 Å². The summed E-state index contributed by atoms with van der Waals surface area (Å²) < 4.78 is 53.1. The second-order valence-electron chi connectivity index (χ2n) is 10.7. The lowest BCUT2D eigenvalue weighted by Crippen LogP contribution is -2.47. The molecule has 3 atom stereocenters. The van der Waals surface area contributed by atoms with E-state index in [1.54, 1.807) is 48.5 Å². The minimum atomic E-state index is -3.76. The topological polar surface area (TPSA) is 125 Å². The van der Waals surface area contributed by atoms with Gasteiger partial charge in [0.15, 0.2) is 17.6 Å². The fraction of sp³-hybridized carbons (Fsp3) is 0.355. The van der Waals surface area contributed by atoms with E-state index in [4.69, 9.17) is 14.2 Å². The van der Waals surface area contributed by atoms with Crippen LogP contribution in [0.3, 0.4) is 0 Å². The zero-order valence-corrected chi connectivity index (χ0v) is 23.4. The van der Waals surface area contributed by atoms with E-state index in [0.717, 1.165) is 0 Å². The number of carbonyl (C=O) groups excluding carboxylic acids is 2. The maximum absolute atomic E-state index is 13.8. The molecule has 0 spiro atoms. The Labute approximate surface area is 245 Å². The van der Waals surface area contributed by atoms with Crippen LogP contribution in [0.15, 0.2) is 60.7 Å². The van der Waals surface area contributed by atoms with E-state index < -0.39 is 35.8 Å². The summed E-state index contributed by atoms with van der Waals surface area (Å²) in [6.45, 7) is -0.382. The molecule has 1 aliphatic carbocycles. The lowest BCUT2D eigenvalue weighted by atomic mass is 9.91. The summed E-state index contributed by atoms with van der Waals surface area (Å²) in [7, 11) is 3.01. The van der Waals surface area contributed by atoms with Gasteiger partial charge in [0.1, 0.15) is 17.2 Å². The SMILES string of the molecule is COc1ccc2c(c1)O[C@@H](C(=O)NC(CO)c1ccccc1OC)C[C@H]2NC(=O)C1(c2ccc3c(c2)OC(F)(F)O3)CC1. The van der Waals surface area contributed by atoms with Crippen molar-refractivity contribution in [3.63, 3.8) is 0 Å².